The maximum Gasteiger partial charge on any atom is 0.274 e. The van der Waals surface area contributed by atoms with E-state index in [1.54, 1.807) is 0 Å². The number of nitrogens with one attached hydrogen (secondary N) is 1. The van der Waals surface area contributed by atoms with Crippen molar-refractivity contribution in [3.63, 3.8) is 0 Å². The van der Waals surface area contributed by atoms with E-state index in [0.29, 0.717) is 0 Å². The summed E-state index contributed by atoms with van der Waals surface area (Å²) in [5.41, 5.74) is 3.85. The number of anilines is 1. The number of carbonyl (C=O) groups is 2. The van der Waals surface area contributed by atoms with Gasteiger partial charge >= 0.3 is 0 Å². The van der Waals surface area contributed by atoms with Crippen molar-refractivity contribution in [1.29, 1.82) is 0 Å². The van der Waals surface area contributed by atoms with E-state index in [1.165, 1.54) is 24.1 Å². The van der Waals surface area contributed by atoms with Gasteiger partial charge in [-0.05, 0) is 44.0 Å². The summed E-state index contributed by atoms with van der Waals surface area (Å²) in [6.07, 6.45) is 0. The lowest BCUT2D eigenvalue weighted by Gasteiger charge is -2.18. The van der Waals surface area contributed by atoms with E-state index in [4.69, 9.17) is 23.2 Å². The Morgan fingerprint density at radius 2 is 1.72 bits per heavy atom. The Kier molecular flexibility index (Phi) is 6.03. The molecule has 1 N–H and O–H groups in total. The zero-order valence-electron chi connectivity index (χ0n) is 14.5. The van der Waals surface area contributed by atoms with Gasteiger partial charge in [-0.1, -0.05) is 40.9 Å². The molecule has 0 unspecified atom stereocenters. The van der Waals surface area contributed by atoms with E-state index in [2.05, 4.69) is 10.3 Å². The Balaban J connectivity index is 2.10. The minimum Gasteiger partial charge on any atom is -0.331 e. The van der Waals surface area contributed by atoms with E-state index in [9.17, 15) is 9.59 Å². The molecule has 0 aliphatic rings. The SMILES string of the molecule is Cc1cc(C)c(NC(=O)CN(C)C(=O)c2nc(Cl)ccc2Cl)c(C)c1. The molecule has 0 aliphatic heterocycles. The van der Waals surface area contributed by atoms with Crippen LogP contribution in [0.5, 0.6) is 0 Å². The highest BCUT2D eigenvalue weighted by atomic mass is 35.5. The molecule has 1 aromatic carbocycles. The van der Waals surface area contributed by atoms with Crippen molar-refractivity contribution in [1.82, 2.24) is 9.88 Å². The van der Waals surface area contributed by atoms with Crippen LogP contribution in [-0.2, 0) is 4.79 Å². The molecule has 2 rings (SSSR count). The van der Waals surface area contributed by atoms with Gasteiger partial charge in [0.1, 0.15) is 10.8 Å². The number of pyridine rings is 1. The van der Waals surface area contributed by atoms with Crippen LogP contribution in [0.3, 0.4) is 0 Å². The molecular formula is C18H19Cl2N3O2. The fourth-order valence-corrected chi connectivity index (χ4v) is 2.93. The average Bonchev–Trinajstić information content (AvgIpc) is 2.52. The maximum absolute atomic E-state index is 12.4. The number of aromatic nitrogens is 1. The average molecular weight is 380 g/mol. The lowest BCUT2D eigenvalue weighted by molar-refractivity contribution is -0.116. The number of aryl methyl sites for hydroxylation is 3. The van der Waals surface area contributed by atoms with E-state index < -0.39 is 5.91 Å². The number of hydrogen-bond donors (Lipinski definition) is 1. The maximum atomic E-state index is 12.4. The number of carbonyl (C=O) groups excluding carboxylic acids is 2. The van der Waals surface area contributed by atoms with E-state index in [-0.39, 0.29) is 28.3 Å². The van der Waals surface area contributed by atoms with Crippen LogP contribution in [-0.4, -0.2) is 35.3 Å². The monoisotopic (exact) mass is 379 g/mol. The van der Waals surface area contributed by atoms with Crippen LogP contribution in [0.15, 0.2) is 24.3 Å². The summed E-state index contributed by atoms with van der Waals surface area (Å²) in [5, 5.41) is 3.21. The molecule has 0 radical (unpaired) electrons. The van der Waals surface area contributed by atoms with Gasteiger partial charge in [0.15, 0.2) is 0 Å². The number of amides is 2. The van der Waals surface area contributed by atoms with Crippen molar-refractivity contribution in [2.24, 2.45) is 0 Å². The number of rotatable bonds is 4. The molecule has 0 aliphatic carbocycles. The van der Waals surface area contributed by atoms with Crippen LogP contribution in [0.4, 0.5) is 5.69 Å². The topological polar surface area (TPSA) is 62.3 Å². The third-order valence-electron chi connectivity index (χ3n) is 3.68. The molecule has 0 atom stereocenters. The summed E-state index contributed by atoms with van der Waals surface area (Å²) in [5.74, 6) is -0.774. The van der Waals surface area contributed by atoms with Gasteiger partial charge in [0, 0.05) is 12.7 Å². The molecule has 2 aromatic rings. The van der Waals surface area contributed by atoms with Gasteiger partial charge in [0.2, 0.25) is 5.91 Å². The number of halogens is 2. The van der Waals surface area contributed by atoms with Gasteiger partial charge in [-0.3, -0.25) is 9.59 Å². The Morgan fingerprint density at radius 1 is 1.12 bits per heavy atom. The number of benzene rings is 1. The highest BCUT2D eigenvalue weighted by molar-refractivity contribution is 6.34. The molecule has 25 heavy (non-hydrogen) atoms. The lowest BCUT2D eigenvalue weighted by atomic mass is 10.1. The normalized spacial score (nSPS) is 10.5. The third kappa shape index (κ3) is 4.71. The Hall–Kier alpha value is -2.11. The Morgan fingerprint density at radius 3 is 2.32 bits per heavy atom. The fourth-order valence-electron chi connectivity index (χ4n) is 2.59. The third-order valence-corrected chi connectivity index (χ3v) is 4.20. The summed E-state index contributed by atoms with van der Waals surface area (Å²) < 4.78 is 0. The first-order valence-electron chi connectivity index (χ1n) is 7.64. The standard InChI is InChI=1S/C18H19Cl2N3O2/c1-10-7-11(2)16(12(3)8-10)22-15(24)9-23(4)18(25)17-13(19)5-6-14(20)21-17/h5-8H,9H2,1-4H3,(H,22,24). The molecule has 132 valence electrons. The summed E-state index contributed by atoms with van der Waals surface area (Å²) >= 11 is 11.8. The van der Waals surface area contributed by atoms with Crippen molar-refractivity contribution >= 4 is 40.7 Å². The zero-order valence-corrected chi connectivity index (χ0v) is 16.0. The molecular weight excluding hydrogens is 361 g/mol. The van der Waals surface area contributed by atoms with Gasteiger partial charge in [-0.15, -0.1) is 0 Å². The molecule has 0 fully saturated rings. The first-order chi connectivity index (χ1) is 11.7. The van der Waals surface area contributed by atoms with Gasteiger partial charge in [0.05, 0.1) is 11.6 Å². The van der Waals surface area contributed by atoms with Crippen molar-refractivity contribution in [3.8, 4) is 0 Å². The molecule has 0 bridgehead atoms. The van der Waals surface area contributed by atoms with Crippen LogP contribution in [0, 0.1) is 20.8 Å². The van der Waals surface area contributed by atoms with Gasteiger partial charge in [-0.25, -0.2) is 4.98 Å². The van der Waals surface area contributed by atoms with Crippen molar-refractivity contribution < 1.29 is 9.59 Å². The summed E-state index contributed by atoms with van der Waals surface area (Å²) in [6.45, 7) is 5.73. The second kappa shape index (κ2) is 7.85. The molecule has 0 spiro atoms. The summed E-state index contributed by atoms with van der Waals surface area (Å²) in [6, 6.07) is 6.98. The van der Waals surface area contributed by atoms with Crippen LogP contribution >= 0.6 is 23.2 Å². The molecule has 7 heteroatoms. The lowest BCUT2D eigenvalue weighted by Crippen LogP contribution is -2.35. The molecule has 2 amide bonds. The van der Waals surface area contributed by atoms with Gasteiger partial charge < -0.3 is 10.2 Å². The smallest absolute Gasteiger partial charge is 0.274 e. The molecule has 0 saturated carbocycles. The van der Waals surface area contributed by atoms with E-state index >= 15 is 0 Å². The Labute approximate surface area is 157 Å². The minimum atomic E-state index is -0.472. The number of hydrogen-bond acceptors (Lipinski definition) is 3. The largest absolute Gasteiger partial charge is 0.331 e. The quantitative estimate of drug-likeness (QED) is 0.815. The molecule has 1 heterocycles. The van der Waals surface area contributed by atoms with Crippen molar-refractivity contribution in [2.45, 2.75) is 20.8 Å². The first-order valence-corrected chi connectivity index (χ1v) is 8.40. The number of nitrogens with zero attached hydrogens (tertiary/aromatic N) is 2. The van der Waals surface area contributed by atoms with Crippen LogP contribution in [0.2, 0.25) is 10.2 Å². The van der Waals surface area contributed by atoms with Crippen LogP contribution in [0.1, 0.15) is 27.2 Å². The highest BCUT2D eigenvalue weighted by Crippen LogP contribution is 2.22. The highest BCUT2D eigenvalue weighted by Gasteiger charge is 2.20. The van der Waals surface area contributed by atoms with E-state index in [1.807, 2.05) is 32.9 Å². The second-order valence-electron chi connectivity index (χ2n) is 5.95. The first kappa shape index (κ1) is 19.2. The fraction of sp³-hybridized carbons (Fsp3) is 0.278. The number of likely N-dealkylation sites (N-methyl/N-ethyl adjacent to an activating group) is 1. The second-order valence-corrected chi connectivity index (χ2v) is 6.74. The predicted octanol–water partition coefficient (Wildman–Crippen LogP) is 4.02. The van der Waals surface area contributed by atoms with Crippen molar-refractivity contribution in [2.75, 3.05) is 18.9 Å². The van der Waals surface area contributed by atoms with Crippen molar-refractivity contribution in [3.05, 3.63) is 56.8 Å². The van der Waals surface area contributed by atoms with Gasteiger partial charge in [-0.2, -0.15) is 0 Å². The van der Waals surface area contributed by atoms with E-state index in [0.717, 1.165) is 22.4 Å². The molecule has 1 aromatic heterocycles. The van der Waals surface area contributed by atoms with Crippen LogP contribution in [0.25, 0.3) is 0 Å². The minimum absolute atomic E-state index is 0.0205. The Bertz CT molecular complexity index is 814. The zero-order chi connectivity index (χ0) is 18.7. The van der Waals surface area contributed by atoms with Crippen LogP contribution < -0.4 is 5.32 Å². The summed E-state index contributed by atoms with van der Waals surface area (Å²) in [4.78, 5) is 29.9. The van der Waals surface area contributed by atoms with Gasteiger partial charge in [0.25, 0.3) is 5.91 Å². The summed E-state index contributed by atoms with van der Waals surface area (Å²) in [7, 11) is 1.51. The molecule has 0 saturated heterocycles. The predicted molar refractivity (Wildman–Crippen MR) is 101 cm³/mol. The molecule has 5 nitrogen and oxygen atoms in total.